The number of pyridine rings is 1. The molecular formula is C24H31F3N4O2S. The van der Waals surface area contributed by atoms with Crippen molar-refractivity contribution in [2.75, 3.05) is 51.6 Å². The Kier molecular flexibility index (Phi) is 7.91. The van der Waals surface area contributed by atoms with E-state index in [9.17, 15) is 21.6 Å². The van der Waals surface area contributed by atoms with Crippen LogP contribution in [-0.2, 0) is 22.6 Å². The zero-order chi connectivity index (χ0) is 24.2. The van der Waals surface area contributed by atoms with Gasteiger partial charge >= 0.3 is 6.18 Å². The van der Waals surface area contributed by atoms with Gasteiger partial charge < -0.3 is 0 Å². The third-order valence-electron chi connectivity index (χ3n) is 6.78. The molecule has 0 bridgehead atoms. The van der Waals surface area contributed by atoms with Crippen molar-refractivity contribution in [3.63, 3.8) is 0 Å². The Balaban J connectivity index is 1.18. The van der Waals surface area contributed by atoms with Gasteiger partial charge in [0.2, 0.25) is 0 Å². The highest BCUT2D eigenvalue weighted by Crippen LogP contribution is 2.27. The van der Waals surface area contributed by atoms with Gasteiger partial charge in [-0.1, -0.05) is 24.3 Å². The first-order valence-electron chi connectivity index (χ1n) is 11.7. The third kappa shape index (κ3) is 6.56. The molecule has 0 spiro atoms. The van der Waals surface area contributed by atoms with Crippen molar-refractivity contribution in [2.24, 2.45) is 0 Å². The summed E-state index contributed by atoms with van der Waals surface area (Å²) in [5.41, 5.74) is -0.0581. The Labute approximate surface area is 199 Å². The molecule has 0 atom stereocenters. The molecule has 2 aromatic rings. The van der Waals surface area contributed by atoms with Gasteiger partial charge in [0, 0.05) is 51.5 Å². The standard InChI is InChI=1S/C24H31F3N4O2S/c25-24(26,27)23-7-6-20(18-28-23)19-30-10-8-21(9-11-30)31-14-12-29(13-15-31)16-17-34(32,33)22-4-2-1-3-5-22/h1-7,18,21H,8-17,19H2. The molecule has 3 heterocycles. The lowest BCUT2D eigenvalue weighted by Crippen LogP contribution is -2.53. The number of sulfone groups is 1. The van der Waals surface area contributed by atoms with E-state index in [1.807, 2.05) is 6.07 Å². The zero-order valence-corrected chi connectivity index (χ0v) is 19.9. The molecule has 2 aliphatic heterocycles. The maximum atomic E-state index is 12.7. The van der Waals surface area contributed by atoms with Gasteiger partial charge in [-0.25, -0.2) is 8.42 Å². The van der Waals surface area contributed by atoms with E-state index in [0.717, 1.165) is 63.7 Å². The lowest BCUT2D eigenvalue weighted by atomic mass is 10.0. The van der Waals surface area contributed by atoms with Crippen LogP contribution in [0.15, 0.2) is 53.6 Å². The molecule has 10 heteroatoms. The van der Waals surface area contributed by atoms with Crippen LogP contribution in [0.3, 0.4) is 0 Å². The number of alkyl halides is 3. The summed E-state index contributed by atoms with van der Waals surface area (Å²) in [6.45, 7) is 6.55. The fourth-order valence-corrected chi connectivity index (χ4v) is 6.04. The Morgan fingerprint density at radius 3 is 2.15 bits per heavy atom. The van der Waals surface area contributed by atoms with Crippen LogP contribution >= 0.6 is 0 Å². The highest BCUT2D eigenvalue weighted by atomic mass is 32.2. The van der Waals surface area contributed by atoms with E-state index >= 15 is 0 Å². The molecule has 186 valence electrons. The summed E-state index contributed by atoms with van der Waals surface area (Å²) in [4.78, 5) is 10.9. The average Bonchev–Trinajstić information content (AvgIpc) is 2.84. The van der Waals surface area contributed by atoms with Gasteiger partial charge in [-0.15, -0.1) is 0 Å². The second-order valence-corrected chi connectivity index (χ2v) is 11.2. The largest absolute Gasteiger partial charge is 0.433 e. The number of hydrogen-bond donors (Lipinski definition) is 0. The van der Waals surface area contributed by atoms with Crippen molar-refractivity contribution in [2.45, 2.75) is 36.5 Å². The maximum absolute atomic E-state index is 12.7. The minimum Gasteiger partial charge on any atom is -0.300 e. The zero-order valence-electron chi connectivity index (χ0n) is 19.1. The van der Waals surface area contributed by atoms with Crippen molar-refractivity contribution in [3.05, 3.63) is 59.9 Å². The van der Waals surface area contributed by atoms with Crippen LogP contribution in [0.25, 0.3) is 0 Å². The first-order valence-corrected chi connectivity index (χ1v) is 13.3. The van der Waals surface area contributed by atoms with E-state index in [0.29, 0.717) is 24.0 Å². The van der Waals surface area contributed by atoms with Gasteiger partial charge in [0.25, 0.3) is 0 Å². The van der Waals surface area contributed by atoms with Gasteiger partial charge in [0.15, 0.2) is 9.84 Å². The molecule has 1 aromatic carbocycles. The minimum atomic E-state index is -4.41. The van der Waals surface area contributed by atoms with E-state index < -0.39 is 21.7 Å². The molecule has 0 N–H and O–H groups in total. The van der Waals surface area contributed by atoms with Crippen molar-refractivity contribution in [3.8, 4) is 0 Å². The monoisotopic (exact) mass is 496 g/mol. The first-order chi connectivity index (χ1) is 16.2. The molecule has 0 aliphatic carbocycles. The summed E-state index contributed by atoms with van der Waals surface area (Å²) in [5.74, 6) is 0.133. The third-order valence-corrected chi connectivity index (χ3v) is 8.49. The van der Waals surface area contributed by atoms with E-state index in [2.05, 4.69) is 19.7 Å². The van der Waals surface area contributed by atoms with Gasteiger partial charge in [0.05, 0.1) is 10.6 Å². The number of piperidine rings is 1. The normalized spacial score (nSPS) is 20.0. The number of likely N-dealkylation sites (tertiary alicyclic amines) is 1. The topological polar surface area (TPSA) is 56.8 Å². The quantitative estimate of drug-likeness (QED) is 0.587. The molecule has 34 heavy (non-hydrogen) atoms. The lowest BCUT2D eigenvalue weighted by molar-refractivity contribution is -0.141. The minimum absolute atomic E-state index is 0.133. The fourth-order valence-electron chi connectivity index (χ4n) is 4.73. The van der Waals surface area contributed by atoms with Crippen molar-refractivity contribution < 1.29 is 21.6 Å². The van der Waals surface area contributed by atoms with E-state index in [1.54, 1.807) is 24.3 Å². The van der Waals surface area contributed by atoms with Gasteiger partial charge in [-0.3, -0.25) is 19.7 Å². The number of hydrogen-bond acceptors (Lipinski definition) is 6. The van der Waals surface area contributed by atoms with Crippen LogP contribution in [0, 0.1) is 0 Å². The van der Waals surface area contributed by atoms with Gasteiger partial charge in [0.1, 0.15) is 5.69 Å². The second kappa shape index (κ2) is 10.7. The van der Waals surface area contributed by atoms with Gasteiger partial charge in [-0.05, 0) is 49.7 Å². The number of aromatic nitrogens is 1. The summed E-state index contributed by atoms with van der Waals surface area (Å²) in [6, 6.07) is 11.7. The molecule has 2 saturated heterocycles. The lowest BCUT2D eigenvalue weighted by Gasteiger charge is -2.42. The highest BCUT2D eigenvalue weighted by Gasteiger charge is 2.32. The SMILES string of the molecule is O=S(=O)(CCN1CCN(C2CCN(Cc3ccc(C(F)(F)F)nc3)CC2)CC1)c1ccccc1. The summed E-state index contributed by atoms with van der Waals surface area (Å²) in [7, 11) is -3.26. The smallest absolute Gasteiger partial charge is 0.300 e. The molecule has 0 amide bonds. The number of halogens is 3. The molecule has 2 fully saturated rings. The van der Waals surface area contributed by atoms with E-state index in [4.69, 9.17) is 0 Å². The highest BCUT2D eigenvalue weighted by molar-refractivity contribution is 7.91. The number of rotatable bonds is 7. The van der Waals surface area contributed by atoms with Crippen molar-refractivity contribution in [1.82, 2.24) is 19.7 Å². The predicted octanol–water partition coefficient (Wildman–Crippen LogP) is 3.16. The second-order valence-electron chi connectivity index (χ2n) is 9.07. The van der Waals surface area contributed by atoms with E-state index in [-0.39, 0.29) is 5.75 Å². The van der Waals surface area contributed by atoms with Gasteiger partial charge in [-0.2, -0.15) is 13.2 Å². The fraction of sp³-hybridized carbons (Fsp3) is 0.542. The van der Waals surface area contributed by atoms with Crippen LogP contribution in [0.2, 0.25) is 0 Å². The van der Waals surface area contributed by atoms with Crippen LogP contribution in [-0.4, -0.2) is 85.7 Å². The first kappa shape index (κ1) is 25.1. The molecule has 0 radical (unpaired) electrons. The molecule has 0 saturated carbocycles. The summed E-state index contributed by atoms with van der Waals surface area (Å²) in [6.07, 6.45) is -1.03. The summed E-state index contributed by atoms with van der Waals surface area (Å²) in [5, 5.41) is 0. The summed E-state index contributed by atoms with van der Waals surface area (Å²) >= 11 is 0. The van der Waals surface area contributed by atoms with Crippen molar-refractivity contribution in [1.29, 1.82) is 0 Å². The average molecular weight is 497 g/mol. The van der Waals surface area contributed by atoms with Crippen LogP contribution in [0.5, 0.6) is 0 Å². The number of nitrogens with zero attached hydrogens (tertiary/aromatic N) is 4. The Morgan fingerprint density at radius 2 is 1.56 bits per heavy atom. The molecular weight excluding hydrogens is 465 g/mol. The number of benzene rings is 1. The summed E-state index contributed by atoms with van der Waals surface area (Å²) < 4.78 is 63.1. The Morgan fingerprint density at radius 1 is 0.882 bits per heavy atom. The Hall–Kier alpha value is -2.01. The van der Waals surface area contributed by atoms with E-state index in [1.165, 1.54) is 12.3 Å². The molecule has 1 aromatic heterocycles. The molecule has 0 unspecified atom stereocenters. The predicted molar refractivity (Wildman–Crippen MR) is 124 cm³/mol. The van der Waals surface area contributed by atoms with Crippen LogP contribution in [0.1, 0.15) is 24.1 Å². The Bertz CT molecular complexity index is 1020. The van der Waals surface area contributed by atoms with Crippen molar-refractivity contribution >= 4 is 9.84 Å². The number of piperazine rings is 1. The molecule has 2 aliphatic rings. The van der Waals surface area contributed by atoms with Crippen LogP contribution in [0.4, 0.5) is 13.2 Å². The maximum Gasteiger partial charge on any atom is 0.433 e. The molecule has 4 rings (SSSR count). The molecule has 6 nitrogen and oxygen atoms in total. The van der Waals surface area contributed by atoms with Crippen LogP contribution < -0.4 is 0 Å².